The van der Waals surface area contributed by atoms with E-state index in [1.54, 1.807) is 0 Å². The predicted molar refractivity (Wildman–Crippen MR) is 85.8 cm³/mol. The molecule has 2 aliphatic carbocycles. The minimum absolute atomic E-state index is 0.903. The van der Waals surface area contributed by atoms with Crippen LogP contribution in [-0.4, -0.2) is 0 Å². The van der Waals surface area contributed by atoms with E-state index >= 15 is 0 Å². The maximum atomic E-state index is 5.77. The van der Waals surface area contributed by atoms with Gasteiger partial charge in [0.2, 0.25) is 0 Å². The number of nitrogen functional groups attached to an aromatic ring is 2. The van der Waals surface area contributed by atoms with Crippen LogP contribution in [0.2, 0.25) is 0 Å². The van der Waals surface area contributed by atoms with E-state index in [-0.39, 0.29) is 0 Å². The lowest BCUT2D eigenvalue weighted by molar-refractivity contribution is 0.912. The molecule has 2 aromatic carbocycles. The molecule has 0 radical (unpaired) electrons. The standard InChI is InChI=1S/2C9H11N/c10-9-6-2-4-7-3-1-5-8(7)9;10-9-5-4-7-2-1-3-8(7)6-9/h2,4,6H,1,3,5,10H2;4-6H,1-3,10H2. The predicted octanol–water partition coefficient (Wildman–Crippen LogP) is 3.52. The second kappa shape index (κ2) is 5.58. The van der Waals surface area contributed by atoms with E-state index < -0.39 is 0 Å². The summed E-state index contributed by atoms with van der Waals surface area (Å²) >= 11 is 0. The molecule has 0 aliphatic heterocycles. The summed E-state index contributed by atoms with van der Waals surface area (Å²) < 4.78 is 0. The Morgan fingerprint density at radius 2 is 1.45 bits per heavy atom. The lowest BCUT2D eigenvalue weighted by atomic mass is 10.1. The Balaban J connectivity index is 0.000000121. The third-order valence-electron chi connectivity index (χ3n) is 4.30. The molecule has 4 N–H and O–H groups in total. The maximum Gasteiger partial charge on any atom is 0.0349 e. The van der Waals surface area contributed by atoms with Crippen LogP contribution in [0, 0.1) is 0 Å². The molecule has 0 saturated heterocycles. The van der Waals surface area contributed by atoms with Crippen molar-refractivity contribution in [2.45, 2.75) is 38.5 Å². The second-order valence-corrected chi connectivity index (χ2v) is 5.72. The molecular weight excluding hydrogens is 244 g/mol. The van der Waals surface area contributed by atoms with Crippen molar-refractivity contribution < 1.29 is 0 Å². The van der Waals surface area contributed by atoms with Crippen LogP contribution in [-0.2, 0) is 25.7 Å². The molecule has 0 atom stereocenters. The third-order valence-corrected chi connectivity index (χ3v) is 4.30. The van der Waals surface area contributed by atoms with E-state index in [0.29, 0.717) is 0 Å². The van der Waals surface area contributed by atoms with Gasteiger partial charge in [0.15, 0.2) is 0 Å². The van der Waals surface area contributed by atoms with Gasteiger partial charge in [-0.15, -0.1) is 0 Å². The van der Waals surface area contributed by atoms with Gasteiger partial charge in [-0.05, 0) is 79.0 Å². The summed E-state index contributed by atoms with van der Waals surface area (Å²) in [5.74, 6) is 0. The van der Waals surface area contributed by atoms with Crippen molar-refractivity contribution >= 4 is 11.4 Å². The first-order valence-corrected chi connectivity index (χ1v) is 7.47. The molecule has 2 aliphatic rings. The molecule has 2 nitrogen and oxygen atoms in total. The number of hydrogen-bond donors (Lipinski definition) is 2. The van der Waals surface area contributed by atoms with Crippen molar-refractivity contribution in [3.63, 3.8) is 0 Å². The lowest BCUT2D eigenvalue weighted by Crippen LogP contribution is -1.91. The van der Waals surface area contributed by atoms with Crippen LogP contribution in [0.15, 0.2) is 36.4 Å². The third kappa shape index (κ3) is 2.64. The number of benzene rings is 2. The monoisotopic (exact) mass is 266 g/mol. The molecule has 2 aromatic rings. The van der Waals surface area contributed by atoms with E-state index in [0.717, 1.165) is 11.4 Å². The summed E-state index contributed by atoms with van der Waals surface area (Å²) in [6, 6.07) is 12.5. The van der Waals surface area contributed by atoms with Crippen molar-refractivity contribution in [2.75, 3.05) is 11.5 Å². The molecule has 0 bridgehead atoms. The van der Waals surface area contributed by atoms with Crippen LogP contribution < -0.4 is 11.5 Å². The van der Waals surface area contributed by atoms with E-state index in [2.05, 4.69) is 18.2 Å². The Labute approximate surface area is 120 Å². The normalized spacial score (nSPS) is 15.2. The SMILES string of the molecule is Nc1ccc2c(c1)CCC2.Nc1cccc2c1CCC2. The minimum atomic E-state index is 0.903. The fourth-order valence-corrected chi connectivity index (χ4v) is 3.24. The average Bonchev–Trinajstić information content (AvgIpc) is 3.07. The van der Waals surface area contributed by atoms with Crippen LogP contribution in [0.3, 0.4) is 0 Å². The van der Waals surface area contributed by atoms with Gasteiger partial charge in [-0.2, -0.15) is 0 Å². The fourth-order valence-electron chi connectivity index (χ4n) is 3.24. The van der Waals surface area contributed by atoms with Gasteiger partial charge in [0, 0.05) is 11.4 Å². The highest BCUT2D eigenvalue weighted by Gasteiger charge is 2.11. The van der Waals surface area contributed by atoms with Crippen LogP contribution in [0.25, 0.3) is 0 Å². The van der Waals surface area contributed by atoms with Gasteiger partial charge < -0.3 is 11.5 Å². The van der Waals surface area contributed by atoms with Crippen molar-refractivity contribution in [1.29, 1.82) is 0 Å². The number of aryl methyl sites for hydroxylation is 3. The summed E-state index contributed by atoms with van der Waals surface area (Å²) in [5, 5.41) is 0. The number of nitrogens with two attached hydrogens (primary N) is 2. The quantitative estimate of drug-likeness (QED) is 0.717. The Morgan fingerprint density at radius 1 is 0.700 bits per heavy atom. The van der Waals surface area contributed by atoms with Crippen LogP contribution in [0.5, 0.6) is 0 Å². The highest BCUT2D eigenvalue weighted by Crippen LogP contribution is 2.26. The number of hydrogen-bond acceptors (Lipinski definition) is 2. The molecule has 0 saturated carbocycles. The number of rotatable bonds is 0. The van der Waals surface area contributed by atoms with Gasteiger partial charge in [0.1, 0.15) is 0 Å². The molecule has 0 spiro atoms. The molecule has 2 heteroatoms. The van der Waals surface area contributed by atoms with Gasteiger partial charge >= 0.3 is 0 Å². The molecule has 0 heterocycles. The first-order chi connectivity index (χ1) is 9.74. The highest BCUT2D eigenvalue weighted by atomic mass is 14.6. The van der Waals surface area contributed by atoms with Crippen LogP contribution in [0.4, 0.5) is 11.4 Å². The molecule has 4 rings (SSSR count). The minimum Gasteiger partial charge on any atom is -0.399 e. The molecule has 0 fully saturated rings. The lowest BCUT2D eigenvalue weighted by Gasteiger charge is -2.00. The Kier molecular flexibility index (Phi) is 3.64. The molecule has 0 amide bonds. The van der Waals surface area contributed by atoms with Gasteiger partial charge in [-0.1, -0.05) is 18.2 Å². The Hall–Kier alpha value is -1.96. The number of anilines is 2. The Bertz CT molecular complexity index is 617. The average molecular weight is 266 g/mol. The van der Waals surface area contributed by atoms with E-state index in [1.165, 1.54) is 60.8 Å². The summed E-state index contributed by atoms with van der Waals surface area (Å²) in [7, 11) is 0. The number of fused-ring (bicyclic) bond motifs is 2. The van der Waals surface area contributed by atoms with Crippen molar-refractivity contribution in [3.8, 4) is 0 Å². The zero-order valence-corrected chi connectivity index (χ0v) is 11.9. The zero-order chi connectivity index (χ0) is 13.9. The zero-order valence-electron chi connectivity index (χ0n) is 11.9. The van der Waals surface area contributed by atoms with Crippen LogP contribution >= 0.6 is 0 Å². The summed E-state index contributed by atoms with van der Waals surface area (Å²) in [4.78, 5) is 0. The van der Waals surface area contributed by atoms with E-state index in [4.69, 9.17) is 11.5 Å². The summed E-state index contributed by atoms with van der Waals surface area (Å²) in [5.41, 5.74) is 19.1. The van der Waals surface area contributed by atoms with Crippen molar-refractivity contribution in [3.05, 3.63) is 58.7 Å². The molecular formula is C18H22N2. The molecule has 0 unspecified atom stereocenters. The van der Waals surface area contributed by atoms with E-state index in [9.17, 15) is 0 Å². The molecule has 20 heavy (non-hydrogen) atoms. The van der Waals surface area contributed by atoms with Gasteiger partial charge in [-0.3, -0.25) is 0 Å². The van der Waals surface area contributed by atoms with Gasteiger partial charge in [0.05, 0.1) is 0 Å². The topological polar surface area (TPSA) is 52.0 Å². The summed E-state index contributed by atoms with van der Waals surface area (Å²) in [6.07, 6.45) is 7.46. The smallest absolute Gasteiger partial charge is 0.0349 e. The van der Waals surface area contributed by atoms with E-state index in [1.807, 2.05) is 18.2 Å². The second-order valence-electron chi connectivity index (χ2n) is 5.72. The Morgan fingerprint density at radius 3 is 2.30 bits per heavy atom. The molecule has 0 aromatic heterocycles. The van der Waals surface area contributed by atoms with Gasteiger partial charge in [0.25, 0.3) is 0 Å². The fraction of sp³-hybridized carbons (Fsp3) is 0.333. The highest BCUT2D eigenvalue weighted by molar-refractivity contribution is 5.52. The first kappa shape index (κ1) is 13.0. The first-order valence-electron chi connectivity index (χ1n) is 7.47. The van der Waals surface area contributed by atoms with Crippen molar-refractivity contribution in [1.82, 2.24) is 0 Å². The summed E-state index contributed by atoms with van der Waals surface area (Å²) in [6.45, 7) is 0. The van der Waals surface area contributed by atoms with Crippen molar-refractivity contribution in [2.24, 2.45) is 0 Å². The largest absolute Gasteiger partial charge is 0.399 e. The van der Waals surface area contributed by atoms with Crippen LogP contribution in [0.1, 0.15) is 35.1 Å². The molecule has 104 valence electrons. The van der Waals surface area contributed by atoms with Gasteiger partial charge in [-0.25, -0.2) is 0 Å². The maximum absolute atomic E-state index is 5.77.